The number of pyridine rings is 1. The molecule has 1 saturated heterocycles. The van der Waals surface area contributed by atoms with Crippen LogP contribution in [0.2, 0.25) is 0 Å². The van der Waals surface area contributed by atoms with Crippen molar-refractivity contribution in [3.8, 4) is 0 Å². The zero-order valence-electron chi connectivity index (χ0n) is 18.6. The van der Waals surface area contributed by atoms with E-state index in [2.05, 4.69) is 5.32 Å². The Bertz CT molecular complexity index is 1090. The molecule has 0 radical (unpaired) electrons. The van der Waals surface area contributed by atoms with Crippen molar-refractivity contribution in [2.24, 2.45) is 17.8 Å². The van der Waals surface area contributed by atoms with Crippen LogP contribution in [0.4, 0.5) is 10.5 Å². The third-order valence-corrected chi connectivity index (χ3v) is 7.69. The molecule has 2 aliphatic carbocycles. The van der Waals surface area contributed by atoms with Gasteiger partial charge in [0.1, 0.15) is 0 Å². The maximum atomic E-state index is 13.3. The van der Waals surface area contributed by atoms with E-state index < -0.39 is 0 Å². The summed E-state index contributed by atoms with van der Waals surface area (Å²) in [5.74, 6) is 1.44. The second-order valence-corrected chi connectivity index (χ2v) is 9.48. The number of aromatic nitrogens is 1. The first-order valence-corrected chi connectivity index (χ1v) is 11.9. The van der Waals surface area contributed by atoms with Gasteiger partial charge in [-0.1, -0.05) is 12.5 Å². The van der Waals surface area contributed by atoms with Crippen molar-refractivity contribution in [3.05, 3.63) is 40.8 Å². The van der Waals surface area contributed by atoms with Crippen LogP contribution in [0.15, 0.2) is 35.3 Å². The number of hydrogen-bond donors (Lipinski definition) is 1. The number of anilines is 1. The van der Waals surface area contributed by atoms with Crippen LogP contribution in [0.3, 0.4) is 0 Å². The van der Waals surface area contributed by atoms with E-state index in [1.54, 1.807) is 16.4 Å². The number of fused-ring (bicyclic) bond motifs is 3. The van der Waals surface area contributed by atoms with Crippen LogP contribution in [-0.4, -0.2) is 41.2 Å². The average Bonchev–Trinajstić information content (AvgIpc) is 3.44. The molecular formula is C25H31N3O4. The standard InChI is InChI=1S/C25H31N3O4/c1-2-32-25(31)27-11-8-18(9-12-27)28-13-10-19-20(24(28)30)4-3-5-22(19)26-23(29)21-15-16-6-7-17(21)14-16/h3-5,10,13,16-18,21H,2,6-9,11-12,14-15H2,1H3,(H,26,29)/t16-,17+,21?/m0/s1. The summed E-state index contributed by atoms with van der Waals surface area (Å²) in [6, 6.07) is 7.54. The fraction of sp³-hybridized carbons (Fsp3) is 0.560. The number of piperidine rings is 1. The Morgan fingerprint density at radius 3 is 2.56 bits per heavy atom. The van der Waals surface area contributed by atoms with Gasteiger partial charge in [0.25, 0.3) is 5.56 Å². The monoisotopic (exact) mass is 437 g/mol. The van der Waals surface area contributed by atoms with E-state index in [-0.39, 0.29) is 29.5 Å². The second kappa shape index (κ2) is 8.60. The first-order valence-electron chi connectivity index (χ1n) is 11.9. The number of carbonyl (C=O) groups excluding carboxylic acids is 2. The van der Waals surface area contributed by atoms with E-state index in [1.165, 1.54) is 12.8 Å². The number of benzene rings is 1. The molecule has 170 valence electrons. The molecule has 2 aromatic rings. The van der Waals surface area contributed by atoms with Gasteiger partial charge in [-0.3, -0.25) is 9.59 Å². The third-order valence-electron chi connectivity index (χ3n) is 7.69. The summed E-state index contributed by atoms with van der Waals surface area (Å²) in [6.45, 7) is 3.32. The summed E-state index contributed by atoms with van der Waals surface area (Å²) in [5.41, 5.74) is 0.671. The Morgan fingerprint density at radius 2 is 1.88 bits per heavy atom. The second-order valence-electron chi connectivity index (χ2n) is 9.48. The first-order chi connectivity index (χ1) is 15.5. The van der Waals surface area contributed by atoms with E-state index in [9.17, 15) is 14.4 Å². The lowest BCUT2D eigenvalue weighted by Crippen LogP contribution is -2.41. The zero-order chi connectivity index (χ0) is 22.2. The smallest absolute Gasteiger partial charge is 0.409 e. The van der Waals surface area contributed by atoms with Crippen molar-refractivity contribution < 1.29 is 14.3 Å². The molecule has 3 aliphatic rings. The lowest BCUT2D eigenvalue weighted by atomic mass is 9.88. The normalized spacial score (nSPS) is 25.3. The molecule has 32 heavy (non-hydrogen) atoms. The Kier molecular flexibility index (Phi) is 5.66. The van der Waals surface area contributed by atoms with Crippen LogP contribution in [0.1, 0.15) is 51.5 Å². The zero-order valence-corrected chi connectivity index (χ0v) is 18.6. The van der Waals surface area contributed by atoms with Crippen molar-refractivity contribution >= 4 is 28.5 Å². The van der Waals surface area contributed by atoms with Crippen LogP contribution in [0.5, 0.6) is 0 Å². The van der Waals surface area contributed by atoms with Crippen LogP contribution < -0.4 is 10.9 Å². The molecule has 5 rings (SSSR count). The highest BCUT2D eigenvalue weighted by molar-refractivity contribution is 6.02. The summed E-state index contributed by atoms with van der Waals surface area (Å²) in [4.78, 5) is 39.9. The van der Waals surface area contributed by atoms with E-state index in [1.807, 2.05) is 30.5 Å². The number of hydrogen-bond acceptors (Lipinski definition) is 4. The van der Waals surface area contributed by atoms with Crippen molar-refractivity contribution in [1.82, 2.24) is 9.47 Å². The quantitative estimate of drug-likeness (QED) is 0.779. The minimum absolute atomic E-state index is 0.0462. The summed E-state index contributed by atoms with van der Waals surface area (Å²) in [6.07, 6.45) is 7.59. The van der Waals surface area contributed by atoms with Crippen molar-refractivity contribution in [1.29, 1.82) is 0 Å². The van der Waals surface area contributed by atoms with Crippen LogP contribution in [0, 0.1) is 17.8 Å². The Balaban J connectivity index is 1.33. The van der Waals surface area contributed by atoms with Gasteiger partial charge >= 0.3 is 6.09 Å². The highest BCUT2D eigenvalue weighted by Crippen LogP contribution is 2.48. The van der Waals surface area contributed by atoms with Crippen LogP contribution in [0.25, 0.3) is 10.8 Å². The van der Waals surface area contributed by atoms with Crippen molar-refractivity contribution in [3.63, 3.8) is 0 Å². The molecule has 2 saturated carbocycles. The van der Waals surface area contributed by atoms with Gasteiger partial charge in [0.15, 0.2) is 0 Å². The fourth-order valence-corrected chi connectivity index (χ4v) is 6.02. The van der Waals surface area contributed by atoms with Crippen LogP contribution in [-0.2, 0) is 9.53 Å². The minimum atomic E-state index is -0.285. The minimum Gasteiger partial charge on any atom is -0.450 e. The molecule has 3 atom stereocenters. The van der Waals surface area contributed by atoms with E-state index in [4.69, 9.17) is 4.74 Å². The Labute approximate surface area is 187 Å². The van der Waals surface area contributed by atoms with Crippen LogP contribution >= 0.6 is 0 Å². The molecule has 1 aromatic carbocycles. The molecule has 7 nitrogen and oxygen atoms in total. The molecule has 3 fully saturated rings. The molecule has 2 amide bonds. The highest BCUT2D eigenvalue weighted by atomic mass is 16.6. The number of amides is 2. The largest absolute Gasteiger partial charge is 0.450 e. The Hall–Kier alpha value is -2.83. The summed E-state index contributed by atoms with van der Waals surface area (Å²) in [7, 11) is 0. The van der Waals surface area contributed by atoms with Gasteiger partial charge in [-0.2, -0.15) is 0 Å². The molecule has 1 aromatic heterocycles. The number of carbonyl (C=O) groups is 2. The van der Waals surface area contributed by atoms with E-state index in [0.29, 0.717) is 49.8 Å². The van der Waals surface area contributed by atoms with Gasteiger partial charge in [0, 0.05) is 47.7 Å². The SMILES string of the molecule is CCOC(=O)N1CCC(n2ccc3c(NC(=O)C4C[C@H]5CC[C@@H]4C5)cccc3c2=O)CC1. The lowest BCUT2D eigenvalue weighted by Gasteiger charge is -2.32. The van der Waals surface area contributed by atoms with Crippen molar-refractivity contribution in [2.75, 3.05) is 25.0 Å². The predicted molar refractivity (Wildman–Crippen MR) is 123 cm³/mol. The van der Waals surface area contributed by atoms with Crippen molar-refractivity contribution in [2.45, 2.75) is 51.5 Å². The number of nitrogens with one attached hydrogen (secondary N) is 1. The summed E-state index contributed by atoms with van der Waals surface area (Å²) in [5, 5.41) is 4.53. The molecule has 2 heterocycles. The number of ether oxygens (including phenoxy) is 1. The maximum Gasteiger partial charge on any atom is 0.409 e. The average molecular weight is 438 g/mol. The summed E-state index contributed by atoms with van der Waals surface area (Å²) < 4.78 is 6.87. The van der Waals surface area contributed by atoms with E-state index in [0.717, 1.165) is 23.9 Å². The lowest BCUT2D eigenvalue weighted by molar-refractivity contribution is -0.121. The molecule has 2 bridgehead atoms. The number of nitrogens with zero attached hydrogens (tertiary/aromatic N) is 2. The first kappa shape index (κ1) is 21.0. The molecule has 1 unspecified atom stereocenters. The topological polar surface area (TPSA) is 80.6 Å². The molecule has 1 N–H and O–H groups in total. The molecule has 1 aliphatic heterocycles. The fourth-order valence-electron chi connectivity index (χ4n) is 6.02. The number of likely N-dealkylation sites (tertiary alicyclic amines) is 1. The van der Waals surface area contributed by atoms with Gasteiger partial charge in [-0.05, 0) is 69.1 Å². The van der Waals surface area contributed by atoms with Gasteiger partial charge in [-0.25, -0.2) is 4.79 Å². The predicted octanol–water partition coefficient (Wildman–Crippen LogP) is 4.17. The summed E-state index contributed by atoms with van der Waals surface area (Å²) >= 11 is 0. The third kappa shape index (κ3) is 3.78. The van der Waals surface area contributed by atoms with E-state index >= 15 is 0 Å². The highest BCUT2D eigenvalue weighted by Gasteiger charge is 2.43. The maximum absolute atomic E-state index is 13.3. The number of rotatable bonds is 4. The molecule has 7 heteroatoms. The Morgan fingerprint density at radius 1 is 1.06 bits per heavy atom. The van der Waals surface area contributed by atoms with Gasteiger partial charge < -0.3 is 19.5 Å². The van der Waals surface area contributed by atoms with Gasteiger partial charge in [0.2, 0.25) is 5.91 Å². The van der Waals surface area contributed by atoms with Gasteiger partial charge in [0.05, 0.1) is 6.61 Å². The van der Waals surface area contributed by atoms with Gasteiger partial charge in [-0.15, -0.1) is 0 Å². The molecule has 0 spiro atoms. The molecular weight excluding hydrogens is 406 g/mol.